The van der Waals surface area contributed by atoms with Crippen LogP contribution in [0.2, 0.25) is 13.1 Å². The zero-order valence-electron chi connectivity index (χ0n) is 15.1. The molecule has 1 aromatic rings. The van der Waals surface area contributed by atoms with Gasteiger partial charge in [0.1, 0.15) is 0 Å². The van der Waals surface area contributed by atoms with Crippen molar-refractivity contribution < 1.29 is 9.22 Å². The van der Waals surface area contributed by atoms with Crippen molar-refractivity contribution in [3.63, 3.8) is 0 Å². The summed E-state index contributed by atoms with van der Waals surface area (Å²) in [7, 11) is -0.852. The number of rotatable bonds is 6. The first-order valence-corrected chi connectivity index (χ1v) is 11.0. The van der Waals surface area contributed by atoms with Crippen molar-refractivity contribution in [2.45, 2.75) is 59.5 Å². The Balaban J connectivity index is 2.12. The second-order valence-electron chi connectivity index (χ2n) is 7.74. The minimum atomic E-state index is -0.852. The quantitative estimate of drug-likeness (QED) is 0.673. The zero-order chi connectivity index (χ0) is 17.0. The predicted molar refractivity (Wildman–Crippen MR) is 97.5 cm³/mol. The topological polar surface area (TPSA) is 26.3 Å². The third kappa shape index (κ3) is 4.81. The molecular formula is C20H29O2Si. The van der Waals surface area contributed by atoms with Gasteiger partial charge in [-0.25, -0.2) is 0 Å². The number of ketones is 1. The maximum Gasteiger partial charge on any atom is 0.273 e. The van der Waals surface area contributed by atoms with Crippen LogP contribution in [0.4, 0.5) is 0 Å². The molecule has 1 aliphatic rings. The van der Waals surface area contributed by atoms with E-state index in [-0.39, 0.29) is 11.3 Å². The lowest BCUT2D eigenvalue weighted by atomic mass is 9.79. The summed E-state index contributed by atoms with van der Waals surface area (Å²) in [6, 6.07) is 10.5. The van der Waals surface area contributed by atoms with Crippen molar-refractivity contribution in [2.75, 3.05) is 0 Å². The lowest BCUT2D eigenvalue weighted by Crippen LogP contribution is -2.24. The van der Waals surface area contributed by atoms with Crippen LogP contribution in [-0.2, 0) is 15.6 Å². The second-order valence-corrected chi connectivity index (χ2v) is 9.76. The van der Waals surface area contributed by atoms with Gasteiger partial charge < -0.3 is 4.43 Å². The highest BCUT2D eigenvalue weighted by atomic mass is 28.3. The van der Waals surface area contributed by atoms with Crippen molar-refractivity contribution in [3.8, 4) is 0 Å². The van der Waals surface area contributed by atoms with E-state index in [1.165, 1.54) is 5.56 Å². The minimum absolute atomic E-state index is 0.0729. The Kier molecular flexibility index (Phi) is 5.85. The number of benzene rings is 1. The maximum atomic E-state index is 12.5. The van der Waals surface area contributed by atoms with Crippen molar-refractivity contribution in [3.05, 3.63) is 47.2 Å². The molecule has 0 aliphatic heterocycles. The molecule has 0 saturated carbocycles. The van der Waals surface area contributed by atoms with Gasteiger partial charge in [-0.1, -0.05) is 51.1 Å². The smallest absolute Gasteiger partial charge is 0.273 e. The number of carbonyl (C=O) groups is 1. The van der Waals surface area contributed by atoms with E-state index in [1.54, 1.807) is 0 Å². The van der Waals surface area contributed by atoms with Crippen LogP contribution in [0.25, 0.3) is 0 Å². The molecule has 1 radical (unpaired) electrons. The van der Waals surface area contributed by atoms with Crippen LogP contribution in [0.15, 0.2) is 41.7 Å². The maximum absolute atomic E-state index is 12.5. The fraction of sp³-hybridized carbons (Fsp3) is 0.550. The van der Waals surface area contributed by atoms with E-state index in [2.05, 4.69) is 58.1 Å². The molecule has 0 saturated heterocycles. The van der Waals surface area contributed by atoms with Gasteiger partial charge in [0, 0.05) is 17.9 Å². The molecule has 0 bridgehead atoms. The van der Waals surface area contributed by atoms with Crippen LogP contribution in [0.3, 0.4) is 0 Å². The van der Waals surface area contributed by atoms with E-state index in [0.717, 1.165) is 30.6 Å². The second kappa shape index (κ2) is 7.48. The molecule has 2 nitrogen and oxygen atoms in total. The average Bonchev–Trinajstić information content (AvgIpc) is 2.77. The Labute approximate surface area is 142 Å². The summed E-state index contributed by atoms with van der Waals surface area (Å²) in [5.41, 5.74) is 2.37. The van der Waals surface area contributed by atoms with Gasteiger partial charge in [0.15, 0.2) is 5.78 Å². The first-order chi connectivity index (χ1) is 10.8. The Hall–Kier alpha value is -1.35. The third-order valence-corrected chi connectivity index (χ3v) is 5.06. The van der Waals surface area contributed by atoms with Crippen LogP contribution in [0.5, 0.6) is 0 Å². The summed E-state index contributed by atoms with van der Waals surface area (Å²) in [5, 5.41) is 0. The molecule has 1 unspecified atom stereocenters. The van der Waals surface area contributed by atoms with Gasteiger partial charge in [-0.3, -0.25) is 4.79 Å². The molecule has 0 N–H and O–H groups in total. The van der Waals surface area contributed by atoms with E-state index < -0.39 is 9.04 Å². The molecule has 0 fully saturated rings. The van der Waals surface area contributed by atoms with Crippen molar-refractivity contribution in [1.82, 2.24) is 0 Å². The normalized spacial score (nSPS) is 18.9. The fourth-order valence-corrected chi connectivity index (χ4v) is 3.88. The van der Waals surface area contributed by atoms with Gasteiger partial charge in [0.05, 0.1) is 5.76 Å². The van der Waals surface area contributed by atoms with E-state index in [1.807, 2.05) is 6.07 Å². The summed E-state index contributed by atoms with van der Waals surface area (Å²) < 4.78 is 6.20. The molecule has 0 heterocycles. The first-order valence-electron chi connectivity index (χ1n) is 8.57. The molecule has 1 atom stereocenters. The summed E-state index contributed by atoms with van der Waals surface area (Å²) in [6.45, 7) is 10.9. The van der Waals surface area contributed by atoms with E-state index in [0.29, 0.717) is 12.2 Å². The highest BCUT2D eigenvalue weighted by molar-refractivity contribution is 6.48. The van der Waals surface area contributed by atoms with Crippen LogP contribution < -0.4 is 0 Å². The number of aryl methyl sites for hydroxylation is 1. The number of hydrogen-bond acceptors (Lipinski definition) is 2. The Morgan fingerprint density at radius 2 is 1.78 bits per heavy atom. The molecule has 3 heteroatoms. The monoisotopic (exact) mass is 329 g/mol. The van der Waals surface area contributed by atoms with Crippen molar-refractivity contribution in [1.29, 1.82) is 0 Å². The summed E-state index contributed by atoms with van der Waals surface area (Å²) in [6.07, 6.45) is 3.48. The fourth-order valence-electron chi connectivity index (χ4n) is 3.18. The summed E-state index contributed by atoms with van der Waals surface area (Å²) in [4.78, 5) is 12.5. The molecule has 0 aromatic heterocycles. The van der Waals surface area contributed by atoms with Gasteiger partial charge >= 0.3 is 0 Å². The third-order valence-electron chi connectivity index (χ3n) is 4.43. The van der Waals surface area contributed by atoms with Crippen LogP contribution in [-0.4, -0.2) is 14.8 Å². The molecule has 0 spiro atoms. The lowest BCUT2D eigenvalue weighted by Gasteiger charge is -2.30. The highest BCUT2D eigenvalue weighted by Crippen LogP contribution is 2.43. The zero-order valence-corrected chi connectivity index (χ0v) is 16.1. The summed E-state index contributed by atoms with van der Waals surface area (Å²) in [5.74, 6) is 1.55. The van der Waals surface area contributed by atoms with Gasteiger partial charge in [-0.15, -0.1) is 0 Å². The molecule has 0 amide bonds. The first kappa shape index (κ1) is 18.0. The molecular weight excluding hydrogens is 300 g/mol. The molecule has 2 rings (SSSR count). The Morgan fingerprint density at radius 1 is 1.13 bits per heavy atom. The van der Waals surface area contributed by atoms with Gasteiger partial charge in [0.2, 0.25) is 0 Å². The molecule has 1 aromatic carbocycles. The van der Waals surface area contributed by atoms with Crippen molar-refractivity contribution >= 4 is 14.8 Å². The van der Waals surface area contributed by atoms with E-state index in [9.17, 15) is 4.79 Å². The molecule has 125 valence electrons. The number of hydrogen-bond donors (Lipinski definition) is 0. The van der Waals surface area contributed by atoms with Gasteiger partial charge in [0.25, 0.3) is 9.04 Å². The van der Waals surface area contributed by atoms with E-state index >= 15 is 0 Å². The minimum Gasteiger partial charge on any atom is -0.545 e. The van der Waals surface area contributed by atoms with Gasteiger partial charge in [-0.2, -0.15) is 0 Å². The SMILES string of the molecule is C[Si](C)OC1=C(CCCc2ccccc2)C(=O)CC1C(C)(C)C. The molecule has 1 aliphatic carbocycles. The average molecular weight is 330 g/mol. The Morgan fingerprint density at radius 3 is 2.35 bits per heavy atom. The number of carbonyl (C=O) groups excluding carboxylic acids is 1. The lowest BCUT2D eigenvalue weighted by molar-refractivity contribution is -0.115. The Bertz CT molecular complexity index is 567. The van der Waals surface area contributed by atoms with Crippen LogP contribution in [0, 0.1) is 11.3 Å². The van der Waals surface area contributed by atoms with Crippen LogP contribution in [0.1, 0.15) is 45.6 Å². The number of allylic oxidation sites excluding steroid dienone is 2. The largest absolute Gasteiger partial charge is 0.545 e. The highest BCUT2D eigenvalue weighted by Gasteiger charge is 2.40. The number of Topliss-reactive ketones (excluding diaryl/α,β-unsaturated/α-hetero) is 1. The van der Waals surface area contributed by atoms with Gasteiger partial charge in [-0.05, 0) is 43.3 Å². The van der Waals surface area contributed by atoms with Crippen molar-refractivity contribution in [2.24, 2.45) is 11.3 Å². The van der Waals surface area contributed by atoms with E-state index in [4.69, 9.17) is 4.43 Å². The summed E-state index contributed by atoms with van der Waals surface area (Å²) >= 11 is 0. The van der Waals surface area contributed by atoms with Crippen LogP contribution >= 0.6 is 0 Å². The standard InChI is InChI=1S/C20H29O2Si/c1-20(2,3)17-14-18(21)16(19(17)22-23(4)5)13-9-12-15-10-7-6-8-11-15/h6-8,10-11,17H,9,12-14H2,1-5H3. The molecule has 23 heavy (non-hydrogen) atoms. The predicted octanol–water partition coefficient (Wildman–Crippen LogP) is 5.17.